The lowest BCUT2D eigenvalue weighted by Gasteiger charge is -2.14. The van der Waals surface area contributed by atoms with Gasteiger partial charge in [0.05, 0.1) is 23.5 Å². The molecule has 1 aromatic heterocycles. The summed E-state index contributed by atoms with van der Waals surface area (Å²) in [6, 6.07) is 4.64. The Morgan fingerprint density at radius 3 is 2.95 bits per heavy atom. The van der Waals surface area contributed by atoms with Crippen LogP contribution in [0, 0.1) is 0 Å². The van der Waals surface area contributed by atoms with Crippen molar-refractivity contribution in [3.63, 3.8) is 0 Å². The van der Waals surface area contributed by atoms with E-state index in [2.05, 4.69) is 15.0 Å². The zero-order valence-corrected chi connectivity index (χ0v) is 11.5. The monoisotopic (exact) mass is 298 g/mol. The van der Waals surface area contributed by atoms with Gasteiger partial charge in [-0.05, 0) is 17.7 Å². The van der Waals surface area contributed by atoms with Crippen LogP contribution in [0.25, 0.3) is 16.1 Å². The quantitative estimate of drug-likeness (QED) is 0.517. The van der Waals surface area contributed by atoms with Gasteiger partial charge in [-0.1, -0.05) is 11.2 Å². The third-order valence-corrected chi connectivity index (χ3v) is 3.43. The van der Waals surface area contributed by atoms with Gasteiger partial charge >= 0.3 is 5.97 Å². The van der Waals surface area contributed by atoms with E-state index in [9.17, 15) is 14.7 Å². The molecule has 2 aromatic rings. The first kappa shape index (κ1) is 13.7. The molecule has 110 valence electrons. The lowest BCUT2D eigenvalue weighted by atomic mass is 10.1. The molecule has 9 nitrogen and oxygen atoms in total. The van der Waals surface area contributed by atoms with E-state index in [0.717, 1.165) is 0 Å². The Morgan fingerprint density at radius 1 is 1.50 bits per heavy atom. The van der Waals surface area contributed by atoms with Gasteiger partial charge < -0.3 is 10.0 Å². The molecule has 0 fully saturated rings. The van der Waals surface area contributed by atoms with Crippen LogP contribution >= 0.6 is 0 Å². The summed E-state index contributed by atoms with van der Waals surface area (Å²) in [5.74, 6) is -1.44. The third kappa shape index (κ3) is 1.97. The zero-order chi connectivity index (χ0) is 15.9. The Balaban J connectivity index is 2.28. The van der Waals surface area contributed by atoms with Crippen molar-refractivity contribution in [2.75, 3.05) is 7.05 Å². The van der Waals surface area contributed by atoms with Crippen LogP contribution in [0.5, 0.6) is 0 Å². The van der Waals surface area contributed by atoms with Crippen molar-refractivity contribution in [3.05, 3.63) is 51.9 Å². The molecule has 22 heavy (non-hydrogen) atoms. The van der Waals surface area contributed by atoms with E-state index in [0.29, 0.717) is 22.6 Å². The molecule has 0 aliphatic carbocycles. The number of carboxylic acids is 1. The van der Waals surface area contributed by atoms with Gasteiger partial charge in [0.15, 0.2) is 5.69 Å². The Bertz CT molecular complexity index is 849. The average Bonchev–Trinajstić information content (AvgIpc) is 2.86. The second kappa shape index (κ2) is 4.90. The lowest BCUT2D eigenvalue weighted by Crippen LogP contribution is -2.25. The first-order valence-electron chi connectivity index (χ1n) is 6.27. The number of carbonyl (C=O) groups excluding carboxylic acids is 1. The molecule has 0 saturated carbocycles. The van der Waals surface area contributed by atoms with Gasteiger partial charge in [-0.25, -0.2) is 9.78 Å². The average molecular weight is 298 g/mol. The van der Waals surface area contributed by atoms with Gasteiger partial charge in [0.2, 0.25) is 0 Å². The van der Waals surface area contributed by atoms with Crippen LogP contribution in [0.4, 0.5) is 5.69 Å². The fourth-order valence-electron chi connectivity index (χ4n) is 2.43. The number of aromatic carboxylic acids is 1. The molecule has 0 atom stereocenters. The summed E-state index contributed by atoms with van der Waals surface area (Å²) in [6.45, 7) is 0.117. The minimum Gasteiger partial charge on any atom is -0.476 e. The lowest BCUT2D eigenvalue weighted by molar-refractivity contribution is 0.0683. The smallest absolute Gasteiger partial charge is 0.356 e. The summed E-state index contributed by atoms with van der Waals surface area (Å²) in [7, 11) is 1.57. The minimum absolute atomic E-state index is 0.0911. The summed E-state index contributed by atoms with van der Waals surface area (Å²) in [4.78, 5) is 31.7. The summed E-state index contributed by atoms with van der Waals surface area (Å²) < 4.78 is 1.57. The number of rotatable bonds is 2. The van der Waals surface area contributed by atoms with E-state index >= 15 is 0 Å². The van der Waals surface area contributed by atoms with E-state index in [1.807, 2.05) is 0 Å². The van der Waals surface area contributed by atoms with Gasteiger partial charge in [-0.2, -0.15) is 0 Å². The Labute approximate surface area is 124 Å². The number of carbonyl (C=O) groups is 2. The van der Waals surface area contributed by atoms with E-state index in [1.165, 1.54) is 17.3 Å². The molecule has 1 aliphatic heterocycles. The van der Waals surface area contributed by atoms with Crippen molar-refractivity contribution in [2.24, 2.45) is 5.11 Å². The van der Waals surface area contributed by atoms with Crippen LogP contribution in [-0.4, -0.2) is 38.5 Å². The first-order valence-corrected chi connectivity index (χ1v) is 6.27. The molecule has 0 bridgehead atoms. The standard InChI is InChI=1S/C13H10N6O3/c1-18-5-10-11(13(21)22)15-6-19(10)9-3-2-7(16-17-14)4-8(9)12(18)20/h2-4,6H,5H2,1H3,(H,21,22). The van der Waals surface area contributed by atoms with Crippen LogP contribution < -0.4 is 0 Å². The molecule has 0 unspecified atom stereocenters. The predicted molar refractivity (Wildman–Crippen MR) is 75.1 cm³/mol. The molecule has 0 radical (unpaired) electrons. The largest absolute Gasteiger partial charge is 0.476 e. The number of fused-ring (bicyclic) bond motifs is 3. The molecule has 1 aromatic carbocycles. The fourth-order valence-corrected chi connectivity index (χ4v) is 2.43. The molecule has 0 spiro atoms. The zero-order valence-electron chi connectivity index (χ0n) is 11.5. The molecule has 0 saturated heterocycles. The van der Waals surface area contributed by atoms with E-state index in [-0.39, 0.29) is 18.1 Å². The number of carboxylic acid groups (broad SMARTS) is 1. The highest BCUT2D eigenvalue weighted by molar-refractivity contribution is 5.99. The van der Waals surface area contributed by atoms with E-state index in [1.54, 1.807) is 23.7 Å². The molecule has 3 rings (SSSR count). The first-order chi connectivity index (χ1) is 10.5. The van der Waals surface area contributed by atoms with Crippen molar-refractivity contribution < 1.29 is 14.7 Å². The van der Waals surface area contributed by atoms with Crippen LogP contribution in [-0.2, 0) is 6.54 Å². The normalized spacial score (nSPS) is 13.0. The van der Waals surface area contributed by atoms with Crippen molar-refractivity contribution >= 4 is 17.6 Å². The van der Waals surface area contributed by atoms with Crippen LogP contribution in [0.2, 0.25) is 0 Å². The number of amides is 1. The summed E-state index contributed by atoms with van der Waals surface area (Å²) in [6.07, 6.45) is 1.37. The maximum absolute atomic E-state index is 12.5. The number of hydrogen-bond acceptors (Lipinski definition) is 4. The number of azide groups is 1. The van der Waals surface area contributed by atoms with Gasteiger partial charge in [0.25, 0.3) is 5.91 Å². The number of aromatic nitrogens is 2. The molecule has 1 N–H and O–H groups in total. The number of nitrogens with zero attached hydrogens (tertiary/aromatic N) is 6. The van der Waals surface area contributed by atoms with E-state index < -0.39 is 5.97 Å². The van der Waals surface area contributed by atoms with Crippen LogP contribution in [0.1, 0.15) is 26.5 Å². The highest BCUT2D eigenvalue weighted by atomic mass is 16.4. The molecule has 9 heteroatoms. The van der Waals surface area contributed by atoms with Gasteiger partial charge in [-0.3, -0.25) is 9.36 Å². The summed E-state index contributed by atoms with van der Waals surface area (Å²) >= 11 is 0. The summed E-state index contributed by atoms with van der Waals surface area (Å²) in [5.41, 5.74) is 9.96. The highest BCUT2D eigenvalue weighted by Crippen LogP contribution is 2.28. The summed E-state index contributed by atoms with van der Waals surface area (Å²) in [5, 5.41) is 12.7. The van der Waals surface area contributed by atoms with Gasteiger partial charge in [-0.15, -0.1) is 0 Å². The number of benzene rings is 1. The van der Waals surface area contributed by atoms with Gasteiger partial charge in [0.1, 0.15) is 6.33 Å². The SMILES string of the molecule is CN1Cc2c(C(=O)O)ncn2-c2ccc(N=[N+]=[N-])cc2C1=O. The predicted octanol–water partition coefficient (Wildman–Crippen LogP) is 2.10. The maximum atomic E-state index is 12.5. The maximum Gasteiger partial charge on any atom is 0.356 e. The topological polar surface area (TPSA) is 124 Å². The van der Waals surface area contributed by atoms with Crippen molar-refractivity contribution in [3.8, 4) is 5.69 Å². The molecular formula is C13H10N6O3. The molecule has 1 aliphatic rings. The minimum atomic E-state index is -1.15. The fraction of sp³-hybridized carbons (Fsp3) is 0.154. The second-order valence-corrected chi connectivity index (χ2v) is 4.77. The number of imidazole rings is 1. The second-order valence-electron chi connectivity index (χ2n) is 4.77. The van der Waals surface area contributed by atoms with Crippen molar-refractivity contribution in [1.29, 1.82) is 0 Å². The molecule has 2 heterocycles. The van der Waals surface area contributed by atoms with Crippen LogP contribution in [0.15, 0.2) is 29.6 Å². The van der Waals surface area contributed by atoms with Crippen molar-refractivity contribution in [1.82, 2.24) is 14.5 Å². The molecular weight excluding hydrogens is 288 g/mol. The molecule has 1 amide bonds. The Kier molecular flexibility index (Phi) is 3.04. The third-order valence-electron chi connectivity index (χ3n) is 3.43. The van der Waals surface area contributed by atoms with Crippen LogP contribution in [0.3, 0.4) is 0 Å². The van der Waals surface area contributed by atoms with E-state index in [4.69, 9.17) is 5.53 Å². The number of hydrogen-bond donors (Lipinski definition) is 1. The highest BCUT2D eigenvalue weighted by Gasteiger charge is 2.28. The van der Waals surface area contributed by atoms with Crippen molar-refractivity contribution in [2.45, 2.75) is 6.54 Å². The Morgan fingerprint density at radius 2 is 2.27 bits per heavy atom. The Hall–Kier alpha value is -3.32. The van der Waals surface area contributed by atoms with Gasteiger partial charge in [0, 0.05) is 17.6 Å².